The first-order valence-corrected chi connectivity index (χ1v) is 7.44. The number of hydrogen-bond donors (Lipinski definition) is 1. The number of carbonyl (C=O) groups excluding carboxylic acids is 2. The van der Waals surface area contributed by atoms with Crippen molar-refractivity contribution in [3.8, 4) is 0 Å². The summed E-state index contributed by atoms with van der Waals surface area (Å²) < 4.78 is 4.87. The molecule has 5 nitrogen and oxygen atoms in total. The third-order valence-corrected chi connectivity index (χ3v) is 3.60. The van der Waals surface area contributed by atoms with Gasteiger partial charge in [-0.2, -0.15) is 0 Å². The highest BCUT2D eigenvalue weighted by Gasteiger charge is 2.12. The molecule has 0 unspecified atom stereocenters. The number of thiazole rings is 1. The Morgan fingerprint density at radius 1 is 1.29 bits per heavy atom. The van der Waals surface area contributed by atoms with Gasteiger partial charge in [0, 0.05) is 10.9 Å². The molecule has 1 aromatic heterocycles. The summed E-state index contributed by atoms with van der Waals surface area (Å²) in [6.07, 6.45) is 0. The molecule has 0 saturated heterocycles. The van der Waals surface area contributed by atoms with E-state index < -0.39 is 5.97 Å². The summed E-state index contributed by atoms with van der Waals surface area (Å²) in [6.45, 7) is 4.31. The lowest BCUT2D eigenvalue weighted by Crippen LogP contribution is -2.22. The van der Waals surface area contributed by atoms with Crippen molar-refractivity contribution in [2.75, 3.05) is 6.61 Å². The monoisotopic (exact) mass is 304 g/mol. The van der Waals surface area contributed by atoms with Crippen molar-refractivity contribution in [2.24, 2.45) is 0 Å². The van der Waals surface area contributed by atoms with Gasteiger partial charge in [-0.05, 0) is 26.0 Å². The first kappa shape index (κ1) is 15.2. The van der Waals surface area contributed by atoms with E-state index in [0.29, 0.717) is 17.2 Å². The number of nitrogens with zero attached hydrogens (tertiary/aromatic N) is 1. The molecule has 21 heavy (non-hydrogen) atoms. The second-order valence-electron chi connectivity index (χ2n) is 4.40. The van der Waals surface area contributed by atoms with Crippen LogP contribution in [0.2, 0.25) is 0 Å². The second kappa shape index (κ2) is 6.99. The number of aromatic nitrogens is 1. The van der Waals surface area contributed by atoms with Crippen molar-refractivity contribution >= 4 is 23.2 Å². The van der Waals surface area contributed by atoms with E-state index in [9.17, 15) is 9.59 Å². The molecule has 6 heteroatoms. The molecule has 0 bridgehead atoms. The van der Waals surface area contributed by atoms with E-state index in [2.05, 4.69) is 10.3 Å². The molecular weight excluding hydrogens is 288 g/mol. The topological polar surface area (TPSA) is 68.3 Å². The Hall–Kier alpha value is -2.21. The van der Waals surface area contributed by atoms with Crippen LogP contribution in [-0.4, -0.2) is 23.5 Å². The van der Waals surface area contributed by atoms with E-state index in [1.165, 1.54) is 11.3 Å². The van der Waals surface area contributed by atoms with E-state index >= 15 is 0 Å². The molecule has 110 valence electrons. The lowest BCUT2D eigenvalue weighted by Gasteiger charge is -2.03. The van der Waals surface area contributed by atoms with Crippen molar-refractivity contribution in [1.82, 2.24) is 10.3 Å². The van der Waals surface area contributed by atoms with Gasteiger partial charge in [-0.3, -0.25) is 4.79 Å². The van der Waals surface area contributed by atoms with Gasteiger partial charge in [-0.25, -0.2) is 9.78 Å². The van der Waals surface area contributed by atoms with Crippen molar-refractivity contribution in [1.29, 1.82) is 0 Å². The molecule has 0 saturated carbocycles. The van der Waals surface area contributed by atoms with Crippen LogP contribution >= 0.6 is 11.3 Å². The number of nitrogens with one attached hydrogen (secondary N) is 1. The fraction of sp³-hybridized carbons (Fsp3) is 0.267. The van der Waals surface area contributed by atoms with E-state index in [1.54, 1.807) is 24.4 Å². The van der Waals surface area contributed by atoms with Gasteiger partial charge in [0.1, 0.15) is 5.01 Å². The highest BCUT2D eigenvalue weighted by atomic mass is 32.1. The van der Waals surface area contributed by atoms with Gasteiger partial charge in [0.2, 0.25) is 0 Å². The number of esters is 1. The molecule has 0 aliphatic heterocycles. The first-order chi connectivity index (χ1) is 10.1. The predicted octanol–water partition coefficient (Wildman–Crippen LogP) is 2.56. The standard InChI is InChI=1S/C15H16N2O3S/c1-3-20-15(19)12-9-21-13(17-12)8-16-14(18)11-6-4-10(2)5-7-11/h4-7,9H,3,8H2,1-2H3,(H,16,18). The molecular formula is C15H16N2O3S. The molecule has 0 fully saturated rings. The van der Waals surface area contributed by atoms with Gasteiger partial charge in [0.25, 0.3) is 5.91 Å². The maximum Gasteiger partial charge on any atom is 0.357 e. The summed E-state index contributed by atoms with van der Waals surface area (Å²) in [7, 11) is 0. The Labute approximate surface area is 127 Å². The number of amides is 1. The van der Waals surface area contributed by atoms with Crippen LogP contribution in [0.3, 0.4) is 0 Å². The van der Waals surface area contributed by atoms with Crippen LogP contribution in [-0.2, 0) is 11.3 Å². The van der Waals surface area contributed by atoms with Crippen molar-refractivity contribution in [3.05, 3.63) is 51.5 Å². The van der Waals surface area contributed by atoms with Crippen LogP contribution in [0.1, 0.15) is 38.3 Å². The number of aryl methyl sites for hydroxylation is 1. The Morgan fingerprint density at radius 2 is 2.00 bits per heavy atom. The fourth-order valence-corrected chi connectivity index (χ4v) is 2.36. The SMILES string of the molecule is CCOC(=O)c1csc(CNC(=O)c2ccc(C)cc2)n1. The van der Waals surface area contributed by atoms with Gasteiger partial charge < -0.3 is 10.1 Å². The average molecular weight is 304 g/mol. The highest BCUT2D eigenvalue weighted by molar-refractivity contribution is 7.09. The number of ether oxygens (including phenoxy) is 1. The molecule has 0 aliphatic rings. The molecule has 2 aromatic rings. The van der Waals surface area contributed by atoms with E-state index in [1.807, 2.05) is 19.1 Å². The van der Waals surface area contributed by atoms with Crippen LogP contribution in [0.15, 0.2) is 29.6 Å². The highest BCUT2D eigenvalue weighted by Crippen LogP contribution is 2.11. The van der Waals surface area contributed by atoms with Gasteiger partial charge in [0.15, 0.2) is 5.69 Å². The molecule has 0 aliphatic carbocycles. The van der Waals surface area contributed by atoms with Crippen LogP contribution in [0.25, 0.3) is 0 Å². The predicted molar refractivity (Wildman–Crippen MR) is 80.4 cm³/mol. The average Bonchev–Trinajstić information content (AvgIpc) is 2.95. The molecule has 0 spiro atoms. The van der Waals surface area contributed by atoms with Crippen molar-refractivity contribution in [3.63, 3.8) is 0 Å². The zero-order valence-electron chi connectivity index (χ0n) is 11.9. The minimum atomic E-state index is -0.440. The fourth-order valence-electron chi connectivity index (χ4n) is 1.65. The van der Waals surface area contributed by atoms with Crippen LogP contribution in [0.5, 0.6) is 0 Å². The molecule has 1 aromatic carbocycles. The number of rotatable bonds is 5. The minimum Gasteiger partial charge on any atom is -0.461 e. The second-order valence-corrected chi connectivity index (χ2v) is 5.34. The maximum atomic E-state index is 11.9. The normalized spacial score (nSPS) is 10.2. The summed E-state index contributed by atoms with van der Waals surface area (Å²) in [4.78, 5) is 27.6. The van der Waals surface area contributed by atoms with E-state index in [-0.39, 0.29) is 18.1 Å². The van der Waals surface area contributed by atoms with Crippen LogP contribution in [0.4, 0.5) is 0 Å². The summed E-state index contributed by atoms with van der Waals surface area (Å²) in [6, 6.07) is 7.32. The number of benzene rings is 1. The van der Waals surface area contributed by atoms with Gasteiger partial charge in [-0.15, -0.1) is 11.3 Å². The lowest BCUT2D eigenvalue weighted by molar-refractivity contribution is 0.0520. The summed E-state index contributed by atoms with van der Waals surface area (Å²) in [5.74, 6) is -0.604. The summed E-state index contributed by atoms with van der Waals surface area (Å²) in [5, 5.41) is 5.07. The zero-order valence-corrected chi connectivity index (χ0v) is 12.7. The van der Waals surface area contributed by atoms with Crippen LogP contribution in [0, 0.1) is 6.92 Å². The Balaban J connectivity index is 1.92. The van der Waals surface area contributed by atoms with E-state index in [4.69, 9.17) is 4.74 Å². The Morgan fingerprint density at radius 3 is 2.67 bits per heavy atom. The lowest BCUT2D eigenvalue weighted by atomic mass is 10.1. The van der Waals surface area contributed by atoms with Gasteiger partial charge >= 0.3 is 5.97 Å². The summed E-state index contributed by atoms with van der Waals surface area (Å²) >= 11 is 1.32. The number of hydrogen-bond acceptors (Lipinski definition) is 5. The molecule has 1 amide bonds. The first-order valence-electron chi connectivity index (χ1n) is 6.56. The third-order valence-electron chi connectivity index (χ3n) is 2.75. The minimum absolute atomic E-state index is 0.164. The Bertz CT molecular complexity index is 635. The molecule has 1 heterocycles. The van der Waals surface area contributed by atoms with Crippen LogP contribution < -0.4 is 5.32 Å². The smallest absolute Gasteiger partial charge is 0.357 e. The molecule has 2 rings (SSSR count). The number of carbonyl (C=O) groups is 2. The molecule has 0 atom stereocenters. The van der Waals surface area contributed by atoms with Crippen molar-refractivity contribution in [2.45, 2.75) is 20.4 Å². The zero-order chi connectivity index (χ0) is 15.2. The largest absolute Gasteiger partial charge is 0.461 e. The summed E-state index contributed by atoms with van der Waals surface area (Å²) in [5.41, 5.74) is 1.98. The van der Waals surface area contributed by atoms with E-state index in [0.717, 1.165) is 5.56 Å². The molecule has 0 radical (unpaired) electrons. The molecule has 1 N–H and O–H groups in total. The third kappa shape index (κ3) is 4.13. The maximum absolute atomic E-state index is 11.9. The van der Waals surface area contributed by atoms with Gasteiger partial charge in [-0.1, -0.05) is 17.7 Å². The quantitative estimate of drug-likeness (QED) is 0.862. The van der Waals surface area contributed by atoms with Crippen molar-refractivity contribution < 1.29 is 14.3 Å². The van der Waals surface area contributed by atoms with Gasteiger partial charge in [0.05, 0.1) is 13.2 Å². The Kier molecular flexibility index (Phi) is 5.05.